The van der Waals surface area contributed by atoms with Gasteiger partial charge in [0.15, 0.2) is 5.82 Å². The van der Waals surface area contributed by atoms with Crippen molar-refractivity contribution in [2.24, 2.45) is 5.73 Å². The van der Waals surface area contributed by atoms with Crippen molar-refractivity contribution < 1.29 is 9.47 Å². The molecule has 3 aliphatic heterocycles. The molecule has 22 heavy (non-hydrogen) atoms. The molecular weight excluding hydrogens is 282 g/mol. The van der Waals surface area contributed by atoms with Gasteiger partial charge in [0.05, 0.1) is 31.1 Å². The van der Waals surface area contributed by atoms with Crippen molar-refractivity contribution >= 4 is 11.5 Å². The molecule has 3 aliphatic rings. The Kier molecular flexibility index (Phi) is 3.85. The van der Waals surface area contributed by atoms with E-state index in [2.05, 4.69) is 26.1 Å². The second-order valence-electron chi connectivity index (χ2n) is 6.20. The van der Waals surface area contributed by atoms with Crippen molar-refractivity contribution in [3.8, 4) is 0 Å². The number of nitrogens with two attached hydrogens (primary N) is 1. The fourth-order valence-corrected chi connectivity index (χ4v) is 3.58. The van der Waals surface area contributed by atoms with Gasteiger partial charge in [0.2, 0.25) is 0 Å². The van der Waals surface area contributed by atoms with Crippen LogP contribution in [0.3, 0.4) is 0 Å². The monoisotopic (exact) mass is 305 g/mol. The maximum atomic E-state index is 5.90. The first-order valence-corrected chi connectivity index (χ1v) is 8.13. The lowest BCUT2D eigenvalue weighted by atomic mass is 10.2. The van der Waals surface area contributed by atoms with Crippen LogP contribution in [0.4, 0.5) is 11.5 Å². The Morgan fingerprint density at radius 3 is 2.50 bits per heavy atom. The summed E-state index contributed by atoms with van der Waals surface area (Å²) in [6.45, 7) is 5.51. The molecule has 0 saturated carbocycles. The SMILES string of the molecule is NCc1nnc(N2CC3CCC(C2)O3)cc1N1CCOCC1. The Hall–Kier alpha value is -1.44. The minimum Gasteiger partial charge on any atom is -0.378 e. The smallest absolute Gasteiger partial charge is 0.153 e. The average Bonchev–Trinajstić information content (AvgIpc) is 2.93. The van der Waals surface area contributed by atoms with E-state index < -0.39 is 0 Å². The summed E-state index contributed by atoms with van der Waals surface area (Å²) >= 11 is 0. The molecule has 0 amide bonds. The van der Waals surface area contributed by atoms with Crippen molar-refractivity contribution in [1.82, 2.24) is 10.2 Å². The molecule has 2 atom stereocenters. The molecule has 2 unspecified atom stereocenters. The van der Waals surface area contributed by atoms with Crippen LogP contribution in [0.5, 0.6) is 0 Å². The van der Waals surface area contributed by atoms with E-state index in [0.29, 0.717) is 18.8 Å². The third-order valence-electron chi connectivity index (χ3n) is 4.75. The highest BCUT2D eigenvalue weighted by molar-refractivity contribution is 5.58. The molecule has 2 N–H and O–H groups in total. The summed E-state index contributed by atoms with van der Waals surface area (Å²) in [5.41, 5.74) is 7.81. The molecule has 7 heteroatoms. The molecule has 0 aliphatic carbocycles. The van der Waals surface area contributed by atoms with Crippen LogP contribution in [-0.2, 0) is 16.0 Å². The summed E-state index contributed by atoms with van der Waals surface area (Å²) in [5.74, 6) is 0.943. The van der Waals surface area contributed by atoms with E-state index in [0.717, 1.165) is 69.4 Å². The van der Waals surface area contributed by atoms with E-state index in [1.807, 2.05) is 0 Å². The predicted molar refractivity (Wildman–Crippen MR) is 83.1 cm³/mol. The molecule has 3 fully saturated rings. The molecule has 4 heterocycles. The van der Waals surface area contributed by atoms with Crippen LogP contribution in [0, 0.1) is 0 Å². The normalized spacial score (nSPS) is 28.2. The number of rotatable bonds is 3. The summed E-state index contributed by atoms with van der Waals surface area (Å²) in [6, 6.07) is 2.14. The molecule has 120 valence electrons. The van der Waals surface area contributed by atoms with Crippen molar-refractivity contribution in [1.29, 1.82) is 0 Å². The van der Waals surface area contributed by atoms with Crippen LogP contribution >= 0.6 is 0 Å². The number of morpholine rings is 2. The number of nitrogens with zero attached hydrogens (tertiary/aromatic N) is 4. The zero-order valence-corrected chi connectivity index (χ0v) is 12.8. The number of ether oxygens (including phenoxy) is 2. The Bertz CT molecular complexity index is 523. The largest absolute Gasteiger partial charge is 0.378 e. The number of hydrogen-bond donors (Lipinski definition) is 1. The molecule has 2 bridgehead atoms. The van der Waals surface area contributed by atoms with Crippen molar-refractivity contribution in [2.75, 3.05) is 49.2 Å². The zero-order chi connectivity index (χ0) is 14.9. The van der Waals surface area contributed by atoms with Crippen LogP contribution in [0.1, 0.15) is 18.5 Å². The number of hydrogen-bond acceptors (Lipinski definition) is 7. The van der Waals surface area contributed by atoms with Crippen LogP contribution < -0.4 is 15.5 Å². The number of aromatic nitrogens is 2. The minimum atomic E-state index is 0.349. The predicted octanol–water partition coefficient (Wildman–Crippen LogP) is 0.140. The summed E-state index contributed by atoms with van der Waals surface area (Å²) in [6.07, 6.45) is 3.01. The quantitative estimate of drug-likeness (QED) is 0.851. The standard InChI is InChI=1S/C15H23N5O2/c16-8-13-14(19-3-5-21-6-4-19)7-15(18-17-13)20-9-11-1-2-12(10-20)22-11/h7,11-12H,1-6,8-10,16H2. The number of fused-ring (bicyclic) bond motifs is 2. The molecule has 1 aromatic heterocycles. The van der Waals surface area contributed by atoms with Gasteiger partial charge in [0, 0.05) is 38.8 Å². The van der Waals surface area contributed by atoms with Crippen LogP contribution in [-0.4, -0.2) is 61.8 Å². The summed E-state index contributed by atoms with van der Waals surface area (Å²) in [5, 5.41) is 8.79. The van der Waals surface area contributed by atoms with Gasteiger partial charge < -0.3 is 25.0 Å². The van der Waals surface area contributed by atoms with Crippen molar-refractivity contribution in [2.45, 2.75) is 31.6 Å². The second-order valence-corrected chi connectivity index (χ2v) is 6.20. The van der Waals surface area contributed by atoms with Gasteiger partial charge in [-0.1, -0.05) is 0 Å². The van der Waals surface area contributed by atoms with E-state index in [4.69, 9.17) is 15.2 Å². The van der Waals surface area contributed by atoms with Crippen molar-refractivity contribution in [3.63, 3.8) is 0 Å². The third kappa shape index (κ3) is 2.64. The first kappa shape index (κ1) is 14.2. The zero-order valence-electron chi connectivity index (χ0n) is 12.8. The van der Waals surface area contributed by atoms with Gasteiger partial charge in [-0.05, 0) is 12.8 Å². The average molecular weight is 305 g/mol. The highest BCUT2D eigenvalue weighted by Gasteiger charge is 2.34. The molecule has 4 rings (SSSR count). The van der Waals surface area contributed by atoms with E-state index in [-0.39, 0.29) is 0 Å². The van der Waals surface area contributed by atoms with E-state index in [9.17, 15) is 0 Å². The second kappa shape index (κ2) is 5.98. The van der Waals surface area contributed by atoms with Gasteiger partial charge in [-0.25, -0.2) is 0 Å². The maximum absolute atomic E-state index is 5.90. The Balaban J connectivity index is 1.60. The summed E-state index contributed by atoms with van der Waals surface area (Å²) < 4.78 is 11.3. The third-order valence-corrected chi connectivity index (χ3v) is 4.75. The van der Waals surface area contributed by atoms with Gasteiger partial charge in [-0.2, -0.15) is 0 Å². The maximum Gasteiger partial charge on any atom is 0.153 e. The summed E-state index contributed by atoms with van der Waals surface area (Å²) in [7, 11) is 0. The van der Waals surface area contributed by atoms with Gasteiger partial charge in [-0.3, -0.25) is 0 Å². The van der Waals surface area contributed by atoms with E-state index in [1.165, 1.54) is 0 Å². The molecular formula is C15H23N5O2. The van der Waals surface area contributed by atoms with Gasteiger partial charge in [0.25, 0.3) is 0 Å². The van der Waals surface area contributed by atoms with Gasteiger partial charge >= 0.3 is 0 Å². The highest BCUT2D eigenvalue weighted by Crippen LogP contribution is 2.30. The lowest BCUT2D eigenvalue weighted by Crippen LogP contribution is -2.43. The molecule has 0 aromatic carbocycles. The lowest BCUT2D eigenvalue weighted by molar-refractivity contribution is 0.0301. The van der Waals surface area contributed by atoms with Gasteiger partial charge in [0.1, 0.15) is 5.69 Å². The molecule has 3 saturated heterocycles. The number of anilines is 2. The first-order chi connectivity index (χ1) is 10.8. The fraction of sp³-hybridized carbons (Fsp3) is 0.733. The van der Waals surface area contributed by atoms with Crippen molar-refractivity contribution in [3.05, 3.63) is 11.8 Å². The molecule has 1 aromatic rings. The van der Waals surface area contributed by atoms with Crippen LogP contribution in [0.2, 0.25) is 0 Å². The highest BCUT2D eigenvalue weighted by atomic mass is 16.5. The Morgan fingerprint density at radius 1 is 1.09 bits per heavy atom. The molecule has 0 radical (unpaired) electrons. The molecule has 7 nitrogen and oxygen atoms in total. The topological polar surface area (TPSA) is 76.7 Å². The van der Waals surface area contributed by atoms with Crippen LogP contribution in [0.15, 0.2) is 6.07 Å². The van der Waals surface area contributed by atoms with E-state index in [1.54, 1.807) is 0 Å². The first-order valence-electron chi connectivity index (χ1n) is 8.13. The Labute approximate surface area is 130 Å². The molecule has 0 spiro atoms. The van der Waals surface area contributed by atoms with Crippen LogP contribution in [0.25, 0.3) is 0 Å². The Morgan fingerprint density at radius 2 is 1.82 bits per heavy atom. The van der Waals surface area contributed by atoms with Gasteiger partial charge in [-0.15, -0.1) is 10.2 Å². The fourth-order valence-electron chi connectivity index (χ4n) is 3.58. The lowest BCUT2D eigenvalue weighted by Gasteiger charge is -2.34. The van der Waals surface area contributed by atoms with E-state index >= 15 is 0 Å². The summed E-state index contributed by atoms with van der Waals surface area (Å²) in [4.78, 5) is 4.61. The minimum absolute atomic E-state index is 0.349.